The molecule has 2 N–H and O–H groups in total. The van der Waals surface area contributed by atoms with Crippen LogP contribution in [-0.2, 0) is 10.3 Å². The minimum Gasteiger partial charge on any atom is -0.479 e. The van der Waals surface area contributed by atoms with Crippen molar-refractivity contribution in [3.8, 4) is 0 Å². The molecule has 0 spiro atoms. The zero-order chi connectivity index (χ0) is 15.3. The fourth-order valence-electron chi connectivity index (χ4n) is 2.27. The van der Waals surface area contributed by atoms with E-state index in [-0.39, 0.29) is 6.42 Å². The Morgan fingerprint density at radius 3 is 2.00 bits per heavy atom. The maximum absolute atomic E-state index is 12.3. The molecule has 0 saturated heterocycles. The summed E-state index contributed by atoms with van der Waals surface area (Å²) in [6, 6.07) is 17.4. The third-order valence-electron chi connectivity index (χ3n) is 3.52. The first-order chi connectivity index (χ1) is 10.1. The van der Waals surface area contributed by atoms with Crippen molar-refractivity contribution >= 4 is 11.9 Å². The fraction of sp³-hybridized carbons (Fsp3) is 0.176. The summed E-state index contributed by atoms with van der Waals surface area (Å²) < 4.78 is 0. The number of rotatable bonds is 5. The van der Waals surface area contributed by atoms with E-state index in [1.54, 1.807) is 61.5 Å². The predicted octanol–water partition coefficient (Wildman–Crippen LogP) is 2.81. The largest absolute Gasteiger partial charge is 0.479 e. The Hall–Kier alpha value is -2.62. The van der Waals surface area contributed by atoms with Crippen LogP contribution in [0.1, 0.15) is 29.3 Å². The number of carboxylic acid groups (broad SMARTS) is 1. The summed E-state index contributed by atoms with van der Waals surface area (Å²) in [5, 5.41) is 12.3. The third kappa shape index (κ3) is 2.94. The van der Waals surface area contributed by atoms with E-state index in [0.717, 1.165) is 0 Å². The zero-order valence-electron chi connectivity index (χ0n) is 11.7. The Balaban J connectivity index is 2.38. The fourth-order valence-corrected chi connectivity index (χ4v) is 2.27. The Kier molecular flexibility index (Phi) is 4.38. The van der Waals surface area contributed by atoms with Crippen LogP contribution in [0.25, 0.3) is 0 Å². The summed E-state index contributed by atoms with van der Waals surface area (Å²) in [6.45, 7) is 1.74. The quantitative estimate of drug-likeness (QED) is 0.886. The lowest BCUT2D eigenvalue weighted by molar-refractivity contribution is -0.145. The molecule has 4 heteroatoms. The molecule has 0 aliphatic heterocycles. The second-order valence-electron chi connectivity index (χ2n) is 4.75. The molecule has 2 aromatic rings. The van der Waals surface area contributed by atoms with Gasteiger partial charge in [0.2, 0.25) is 0 Å². The average Bonchev–Trinajstić information content (AvgIpc) is 2.54. The molecule has 2 aromatic carbocycles. The van der Waals surface area contributed by atoms with Crippen molar-refractivity contribution in [3.63, 3.8) is 0 Å². The van der Waals surface area contributed by atoms with Crippen molar-refractivity contribution in [1.29, 1.82) is 0 Å². The van der Waals surface area contributed by atoms with Gasteiger partial charge < -0.3 is 10.4 Å². The number of hydrogen-bond acceptors (Lipinski definition) is 2. The van der Waals surface area contributed by atoms with Gasteiger partial charge in [-0.05, 0) is 24.1 Å². The smallest absolute Gasteiger partial charge is 0.334 e. The van der Waals surface area contributed by atoms with Gasteiger partial charge in [-0.3, -0.25) is 4.79 Å². The number of amides is 1. The molecule has 0 saturated carbocycles. The van der Waals surface area contributed by atoms with Crippen LogP contribution < -0.4 is 5.32 Å². The standard InChI is InChI=1S/C17H17NO3/c1-2-17(16(20)21,14-11-7-4-8-12-14)18-15(19)13-9-5-3-6-10-13/h3-12H,2H2,1H3,(H,18,19)(H,20,21). The molecule has 0 fully saturated rings. The normalized spacial score (nSPS) is 13.2. The first-order valence-electron chi connectivity index (χ1n) is 6.76. The van der Waals surface area contributed by atoms with Gasteiger partial charge in [-0.1, -0.05) is 55.5 Å². The maximum atomic E-state index is 12.3. The number of carboxylic acids is 1. The number of benzene rings is 2. The highest BCUT2D eigenvalue weighted by atomic mass is 16.4. The van der Waals surface area contributed by atoms with Gasteiger partial charge in [0.05, 0.1) is 0 Å². The average molecular weight is 283 g/mol. The molecule has 0 aromatic heterocycles. The molecule has 2 rings (SSSR count). The summed E-state index contributed by atoms with van der Waals surface area (Å²) in [6.07, 6.45) is 0.255. The molecule has 0 aliphatic carbocycles. The van der Waals surface area contributed by atoms with Crippen LogP contribution >= 0.6 is 0 Å². The molecule has 0 radical (unpaired) electrons. The monoisotopic (exact) mass is 283 g/mol. The lowest BCUT2D eigenvalue weighted by atomic mass is 9.87. The Morgan fingerprint density at radius 2 is 1.52 bits per heavy atom. The summed E-state index contributed by atoms with van der Waals surface area (Å²) in [4.78, 5) is 24.1. The number of carbonyl (C=O) groups is 2. The van der Waals surface area contributed by atoms with Crippen molar-refractivity contribution in [2.45, 2.75) is 18.9 Å². The number of hydrogen-bond donors (Lipinski definition) is 2. The first kappa shape index (κ1) is 14.8. The van der Waals surface area contributed by atoms with E-state index >= 15 is 0 Å². The van der Waals surface area contributed by atoms with E-state index in [4.69, 9.17) is 0 Å². The van der Waals surface area contributed by atoms with Crippen LogP contribution in [0, 0.1) is 0 Å². The van der Waals surface area contributed by atoms with E-state index in [1.165, 1.54) is 0 Å². The van der Waals surface area contributed by atoms with Crippen LogP contribution in [0.2, 0.25) is 0 Å². The third-order valence-corrected chi connectivity index (χ3v) is 3.52. The van der Waals surface area contributed by atoms with E-state index in [9.17, 15) is 14.7 Å². The molecule has 1 atom stereocenters. The van der Waals surface area contributed by atoms with E-state index in [2.05, 4.69) is 5.32 Å². The molecular weight excluding hydrogens is 266 g/mol. The lowest BCUT2D eigenvalue weighted by Gasteiger charge is -2.30. The topological polar surface area (TPSA) is 66.4 Å². The van der Waals surface area contributed by atoms with Crippen molar-refractivity contribution < 1.29 is 14.7 Å². The molecule has 0 bridgehead atoms. The van der Waals surface area contributed by atoms with Crippen LogP contribution in [0.3, 0.4) is 0 Å². The van der Waals surface area contributed by atoms with Crippen molar-refractivity contribution in [2.75, 3.05) is 0 Å². The van der Waals surface area contributed by atoms with Gasteiger partial charge in [-0.2, -0.15) is 0 Å². The predicted molar refractivity (Wildman–Crippen MR) is 80.0 cm³/mol. The highest BCUT2D eigenvalue weighted by molar-refractivity contribution is 5.98. The second-order valence-corrected chi connectivity index (χ2v) is 4.75. The summed E-state index contributed by atoms with van der Waals surface area (Å²) in [5.74, 6) is -1.47. The highest BCUT2D eigenvalue weighted by Crippen LogP contribution is 2.26. The molecule has 1 unspecified atom stereocenters. The van der Waals surface area contributed by atoms with Crippen LogP contribution in [0.15, 0.2) is 60.7 Å². The first-order valence-corrected chi connectivity index (χ1v) is 6.76. The molecule has 0 aliphatic rings. The highest BCUT2D eigenvalue weighted by Gasteiger charge is 2.40. The Morgan fingerprint density at radius 1 is 1.00 bits per heavy atom. The van der Waals surface area contributed by atoms with E-state index in [1.807, 2.05) is 6.07 Å². The minimum atomic E-state index is -1.42. The summed E-state index contributed by atoms with van der Waals surface area (Å²) >= 11 is 0. The van der Waals surface area contributed by atoms with Crippen molar-refractivity contribution in [1.82, 2.24) is 5.32 Å². The molecule has 4 nitrogen and oxygen atoms in total. The van der Waals surface area contributed by atoms with E-state index < -0.39 is 17.4 Å². The van der Waals surface area contributed by atoms with Crippen molar-refractivity contribution in [3.05, 3.63) is 71.8 Å². The van der Waals surface area contributed by atoms with Crippen LogP contribution in [0.5, 0.6) is 0 Å². The summed E-state index contributed by atoms with van der Waals surface area (Å²) in [5.41, 5.74) is -0.425. The Labute approximate surface area is 123 Å². The molecule has 1 amide bonds. The second kappa shape index (κ2) is 6.22. The van der Waals surface area contributed by atoms with E-state index in [0.29, 0.717) is 11.1 Å². The van der Waals surface area contributed by atoms with Gasteiger partial charge in [0.1, 0.15) is 0 Å². The van der Waals surface area contributed by atoms with Gasteiger partial charge in [-0.25, -0.2) is 4.79 Å². The Bertz CT molecular complexity index is 625. The SMILES string of the molecule is CCC(NC(=O)c1ccccc1)(C(=O)O)c1ccccc1. The number of nitrogens with one attached hydrogen (secondary N) is 1. The van der Waals surface area contributed by atoms with Gasteiger partial charge in [0, 0.05) is 5.56 Å². The zero-order valence-corrected chi connectivity index (χ0v) is 11.7. The van der Waals surface area contributed by atoms with Crippen LogP contribution in [0.4, 0.5) is 0 Å². The lowest BCUT2D eigenvalue weighted by Crippen LogP contribution is -2.51. The van der Waals surface area contributed by atoms with Crippen molar-refractivity contribution in [2.24, 2.45) is 0 Å². The maximum Gasteiger partial charge on any atom is 0.334 e. The van der Waals surface area contributed by atoms with Gasteiger partial charge >= 0.3 is 5.97 Å². The number of carbonyl (C=O) groups excluding carboxylic acids is 1. The summed E-state index contributed by atoms with van der Waals surface area (Å²) in [7, 11) is 0. The number of aliphatic carboxylic acids is 1. The van der Waals surface area contributed by atoms with Gasteiger partial charge in [-0.15, -0.1) is 0 Å². The van der Waals surface area contributed by atoms with Gasteiger partial charge in [0.15, 0.2) is 5.54 Å². The minimum absolute atomic E-state index is 0.255. The molecular formula is C17H17NO3. The molecule has 0 heterocycles. The van der Waals surface area contributed by atoms with Crippen LogP contribution in [-0.4, -0.2) is 17.0 Å². The molecule has 21 heavy (non-hydrogen) atoms. The molecule has 108 valence electrons. The van der Waals surface area contributed by atoms with Gasteiger partial charge in [0.25, 0.3) is 5.91 Å².